The Labute approximate surface area is 118 Å². The van der Waals surface area contributed by atoms with Crippen molar-refractivity contribution in [2.45, 2.75) is 39.7 Å². The lowest BCUT2D eigenvalue weighted by molar-refractivity contribution is -0.138. The molecule has 20 heavy (non-hydrogen) atoms. The summed E-state index contributed by atoms with van der Waals surface area (Å²) in [5.74, 6) is -0.508. The smallest absolute Gasteiger partial charge is 0.303 e. The molecule has 5 nitrogen and oxygen atoms in total. The average Bonchev–Trinajstić information content (AvgIpc) is 2.38. The Bertz CT molecular complexity index is 485. The number of hydrogen-bond acceptors (Lipinski definition) is 3. The number of hydrogen-bond donors (Lipinski definition) is 2. The Morgan fingerprint density at radius 3 is 2.65 bits per heavy atom. The number of ether oxygens (including phenoxy) is 1. The van der Waals surface area contributed by atoms with Gasteiger partial charge in [-0.1, -0.05) is 17.7 Å². The van der Waals surface area contributed by atoms with Crippen LogP contribution in [0.4, 0.5) is 0 Å². The quantitative estimate of drug-likeness (QED) is 0.803. The van der Waals surface area contributed by atoms with Crippen LogP contribution in [0.25, 0.3) is 0 Å². The van der Waals surface area contributed by atoms with Crippen molar-refractivity contribution in [3.63, 3.8) is 0 Å². The van der Waals surface area contributed by atoms with Gasteiger partial charge in [0.15, 0.2) is 0 Å². The van der Waals surface area contributed by atoms with Gasteiger partial charge >= 0.3 is 5.97 Å². The molecule has 0 fully saturated rings. The Hall–Kier alpha value is -2.04. The maximum Gasteiger partial charge on any atom is 0.303 e. The molecule has 1 aromatic carbocycles. The summed E-state index contributed by atoms with van der Waals surface area (Å²) in [6.07, 6.45) is -0.180. The van der Waals surface area contributed by atoms with Crippen LogP contribution in [0.1, 0.15) is 43.9 Å². The minimum atomic E-state index is -0.974. The summed E-state index contributed by atoms with van der Waals surface area (Å²) in [6, 6.07) is 5.58. The van der Waals surface area contributed by atoms with Crippen LogP contribution in [0.3, 0.4) is 0 Å². The van der Waals surface area contributed by atoms with Crippen molar-refractivity contribution in [2.75, 3.05) is 6.61 Å². The van der Waals surface area contributed by atoms with E-state index in [0.29, 0.717) is 6.61 Å². The standard InChI is InChI=1S/C15H21NO4/c1-4-20-13-6-5-10(2)9-12(13)11(3)16-14(17)7-8-15(18)19/h5-6,9,11H,4,7-8H2,1-3H3,(H,16,17)(H,18,19)/t11-/m1/s1. The molecule has 110 valence electrons. The van der Waals surface area contributed by atoms with E-state index in [0.717, 1.165) is 16.9 Å². The number of carbonyl (C=O) groups excluding carboxylic acids is 1. The highest BCUT2D eigenvalue weighted by Crippen LogP contribution is 2.26. The molecule has 0 bridgehead atoms. The monoisotopic (exact) mass is 279 g/mol. The molecular formula is C15H21NO4. The summed E-state index contributed by atoms with van der Waals surface area (Å²) < 4.78 is 5.55. The average molecular weight is 279 g/mol. The van der Waals surface area contributed by atoms with Gasteiger partial charge in [0.25, 0.3) is 0 Å². The van der Waals surface area contributed by atoms with Crippen LogP contribution in [0.5, 0.6) is 5.75 Å². The molecule has 0 aliphatic carbocycles. The topological polar surface area (TPSA) is 75.6 Å². The van der Waals surface area contributed by atoms with Gasteiger partial charge in [-0.2, -0.15) is 0 Å². The number of carboxylic acids is 1. The second kappa shape index (κ2) is 7.53. The lowest BCUT2D eigenvalue weighted by Crippen LogP contribution is -2.27. The molecule has 0 radical (unpaired) electrons. The second-order valence-corrected chi connectivity index (χ2v) is 4.66. The SMILES string of the molecule is CCOc1ccc(C)cc1[C@@H](C)NC(=O)CCC(=O)O. The number of amides is 1. The van der Waals surface area contributed by atoms with Crippen LogP contribution in [0, 0.1) is 6.92 Å². The first kappa shape index (κ1) is 16.0. The molecule has 0 spiro atoms. The summed E-state index contributed by atoms with van der Waals surface area (Å²) in [6.45, 7) is 6.28. The molecule has 0 saturated heterocycles. The van der Waals surface area contributed by atoms with E-state index in [9.17, 15) is 9.59 Å². The summed E-state index contributed by atoms with van der Waals surface area (Å²) in [4.78, 5) is 22.1. The molecule has 1 atom stereocenters. The maximum atomic E-state index is 11.7. The highest BCUT2D eigenvalue weighted by atomic mass is 16.5. The molecule has 0 aromatic heterocycles. The lowest BCUT2D eigenvalue weighted by Gasteiger charge is -2.18. The van der Waals surface area contributed by atoms with Crippen molar-refractivity contribution in [1.82, 2.24) is 5.32 Å². The first-order chi connectivity index (χ1) is 9.43. The Balaban J connectivity index is 2.75. The van der Waals surface area contributed by atoms with Crippen LogP contribution in [0.2, 0.25) is 0 Å². The number of aliphatic carboxylic acids is 1. The Kier molecular flexibility index (Phi) is 6.03. The second-order valence-electron chi connectivity index (χ2n) is 4.66. The molecular weight excluding hydrogens is 258 g/mol. The highest BCUT2D eigenvalue weighted by molar-refractivity contribution is 5.80. The van der Waals surface area contributed by atoms with E-state index in [1.54, 1.807) is 0 Å². The van der Waals surface area contributed by atoms with Crippen LogP contribution in [-0.2, 0) is 9.59 Å². The minimum absolute atomic E-state index is 0.0184. The number of nitrogens with one attached hydrogen (secondary N) is 1. The first-order valence-corrected chi connectivity index (χ1v) is 6.68. The minimum Gasteiger partial charge on any atom is -0.494 e. The zero-order chi connectivity index (χ0) is 15.1. The zero-order valence-electron chi connectivity index (χ0n) is 12.1. The third-order valence-corrected chi connectivity index (χ3v) is 2.88. The lowest BCUT2D eigenvalue weighted by atomic mass is 10.0. The molecule has 0 unspecified atom stereocenters. The van der Waals surface area contributed by atoms with Gasteiger partial charge < -0.3 is 15.2 Å². The van der Waals surface area contributed by atoms with Crippen molar-refractivity contribution < 1.29 is 19.4 Å². The predicted molar refractivity (Wildman–Crippen MR) is 75.8 cm³/mol. The van der Waals surface area contributed by atoms with Crippen molar-refractivity contribution >= 4 is 11.9 Å². The third-order valence-electron chi connectivity index (χ3n) is 2.88. The molecule has 0 saturated carbocycles. The molecule has 1 aromatic rings. The van der Waals surface area contributed by atoms with Crippen molar-refractivity contribution in [1.29, 1.82) is 0 Å². The first-order valence-electron chi connectivity index (χ1n) is 6.68. The molecule has 0 aliphatic heterocycles. The van der Waals surface area contributed by atoms with Crippen molar-refractivity contribution in [2.24, 2.45) is 0 Å². The third kappa shape index (κ3) is 4.91. The van der Waals surface area contributed by atoms with E-state index in [2.05, 4.69) is 5.32 Å². The van der Waals surface area contributed by atoms with Gasteiger partial charge in [0, 0.05) is 12.0 Å². The van der Waals surface area contributed by atoms with Crippen LogP contribution >= 0.6 is 0 Å². The van der Waals surface area contributed by atoms with E-state index in [1.807, 2.05) is 39.0 Å². The number of carbonyl (C=O) groups is 2. The van der Waals surface area contributed by atoms with E-state index in [-0.39, 0.29) is 24.8 Å². The largest absolute Gasteiger partial charge is 0.494 e. The number of aryl methyl sites for hydroxylation is 1. The van der Waals surface area contributed by atoms with E-state index in [1.165, 1.54) is 0 Å². The van der Waals surface area contributed by atoms with Crippen LogP contribution in [-0.4, -0.2) is 23.6 Å². The molecule has 0 heterocycles. The fourth-order valence-corrected chi connectivity index (χ4v) is 1.91. The van der Waals surface area contributed by atoms with E-state index >= 15 is 0 Å². The number of benzene rings is 1. The molecule has 2 N–H and O–H groups in total. The Morgan fingerprint density at radius 2 is 2.05 bits per heavy atom. The Morgan fingerprint density at radius 1 is 1.35 bits per heavy atom. The summed E-state index contributed by atoms with van der Waals surface area (Å²) in [7, 11) is 0. The fraction of sp³-hybridized carbons (Fsp3) is 0.467. The predicted octanol–water partition coefficient (Wildman–Crippen LogP) is 2.44. The normalized spacial score (nSPS) is 11.8. The summed E-state index contributed by atoms with van der Waals surface area (Å²) in [5, 5.41) is 11.4. The van der Waals surface area contributed by atoms with Crippen molar-refractivity contribution in [3.05, 3.63) is 29.3 Å². The van der Waals surface area contributed by atoms with Gasteiger partial charge in [0.05, 0.1) is 19.1 Å². The highest BCUT2D eigenvalue weighted by Gasteiger charge is 2.15. The molecule has 5 heteroatoms. The van der Waals surface area contributed by atoms with E-state index in [4.69, 9.17) is 9.84 Å². The zero-order valence-corrected chi connectivity index (χ0v) is 12.1. The summed E-state index contributed by atoms with van der Waals surface area (Å²) in [5.41, 5.74) is 1.98. The molecule has 1 amide bonds. The summed E-state index contributed by atoms with van der Waals surface area (Å²) >= 11 is 0. The number of carboxylic acid groups (broad SMARTS) is 1. The van der Waals surface area contributed by atoms with Gasteiger partial charge in [-0.25, -0.2) is 0 Å². The van der Waals surface area contributed by atoms with Crippen LogP contribution in [0.15, 0.2) is 18.2 Å². The number of rotatable bonds is 7. The molecule has 0 aliphatic rings. The van der Waals surface area contributed by atoms with Gasteiger partial charge in [-0.3, -0.25) is 9.59 Å². The van der Waals surface area contributed by atoms with Crippen LogP contribution < -0.4 is 10.1 Å². The van der Waals surface area contributed by atoms with Gasteiger partial charge in [-0.15, -0.1) is 0 Å². The maximum absolute atomic E-state index is 11.7. The fourth-order valence-electron chi connectivity index (χ4n) is 1.91. The van der Waals surface area contributed by atoms with Gasteiger partial charge in [0.1, 0.15) is 5.75 Å². The van der Waals surface area contributed by atoms with E-state index < -0.39 is 5.97 Å². The van der Waals surface area contributed by atoms with Gasteiger partial charge in [-0.05, 0) is 26.8 Å². The van der Waals surface area contributed by atoms with Crippen molar-refractivity contribution in [3.8, 4) is 5.75 Å². The van der Waals surface area contributed by atoms with Gasteiger partial charge in [0.2, 0.25) is 5.91 Å². The molecule has 1 rings (SSSR count).